The minimum absolute atomic E-state index is 0.0605. The molecule has 1 amide bonds. The van der Waals surface area contributed by atoms with Gasteiger partial charge in [-0.15, -0.1) is 11.3 Å². The van der Waals surface area contributed by atoms with Gasteiger partial charge < -0.3 is 15.3 Å². The topological polar surface area (TPSA) is 78.4 Å². The minimum atomic E-state index is -0.930. The second kappa shape index (κ2) is 6.64. The van der Waals surface area contributed by atoms with Crippen LogP contribution in [0.1, 0.15) is 16.2 Å². The van der Waals surface area contributed by atoms with Crippen molar-refractivity contribution in [3.63, 3.8) is 0 Å². The Labute approximate surface area is 139 Å². The Hall–Kier alpha value is -1.99. The molecule has 0 spiro atoms. The van der Waals surface area contributed by atoms with Crippen LogP contribution >= 0.6 is 11.3 Å². The van der Waals surface area contributed by atoms with Crippen molar-refractivity contribution < 1.29 is 9.90 Å². The molecule has 122 valence electrons. The summed E-state index contributed by atoms with van der Waals surface area (Å²) in [5.74, 6) is 0.554. The number of rotatable bonds is 5. The summed E-state index contributed by atoms with van der Waals surface area (Å²) in [5, 5.41) is 13.5. The van der Waals surface area contributed by atoms with Gasteiger partial charge in [-0.3, -0.25) is 4.79 Å². The van der Waals surface area contributed by atoms with Crippen LogP contribution in [0, 0.1) is 6.92 Å². The summed E-state index contributed by atoms with van der Waals surface area (Å²) in [4.78, 5) is 24.6. The van der Waals surface area contributed by atoms with Gasteiger partial charge in [-0.1, -0.05) is 0 Å². The van der Waals surface area contributed by atoms with Crippen molar-refractivity contribution in [1.82, 2.24) is 15.3 Å². The zero-order valence-corrected chi connectivity index (χ0v) is 13.8. The van der Waals surface area contributed by atoms with E-state index in [1.54, 1.807) is 29.8 Å². The van der Waals surface area contributed by atoms with Crippen LogP contribution < -0.4 is 10.2 Å². The van der Waals surface area contributed by atoms with Gasteiger partial charge in [-0.25, -0.2) is 9.97 Å². The van der Waals surface area contributed by atoms with E-state index in [4.69, 9.17) is 0 Å². The third-order valence-electron chi connectivity index (χ3n) is 3.91. The molecule has 2 aromatic heterocycles. The number of amides is 1. The van der Waals surface area contributed by atoms with E-state index in [2.05, 4.69) is 15.3 Å². The number of hydrogen-bond donors (Lipinski definition) is 2. The predicted octanol–water partition coefficient (Wildman–Crippen LogP) is 1.15. The molecule has 0 unspecified atom stereocenters. The maximum Gasteiger partial charge on any atom is 0.225 e. The Morgan fingerprint density at radius 2 is 2.22 bits per heavy atom. The molecular formula is C16H20N4O2S. The van der Waals surface area contributed by atoms with E-state index in [0.29, 0.717) is 31.9 Å². The van der Waals surface area contributed by atoms with Gasteiger partial charge in [0.25, 0.3) is 0 Å². The van der Waals surface area contributed by atoms with Gasteiger partial charge in [0.15, 0.2) is 0 Å². The number of aryl methyl sites for hydroxylation is 1. The number of hydrogen-bond acceptors (Lipinski definition) is 6. The molecule has 0 radical (unpaired) electrons. The van der Waals surface area contributed by atoms with Crippen LogP contribution in [0.5, 0.6) is 0 Å². The highest BCUT2D eigenvalue weighted by Gasteiger charge is 2.37. The van der Waals surface area contributed by atoms with Gasteiger partial charge in [0.05, 0.1) is 13.0 Å². The Morgan fingerprint density at radius 3 is 2.91 bits per heavy atom. The molecule has 6 nitrogen and oxygen atoms in total. The van der Waals surface area contributed by atoms with Crippen molar-refractivity contribution in [3.8, 4) is 0 Å². The smallest absolute Gasteiger partial charge is 0.225 e. The molecule has 1 aliphatic rings. The quantitative estimate of drug-likeness (QED) is 0.859. The first kappa shape index (κ1) is 15.9. The highest BCUT2D eigenvalue weighted by atomic mass is 32.1. The van der Waals surface area contributed by atoms with Crippen LogP contribution in [0.3, 0.4) is 0 Å². The molecular weight excluding hydrogens is 312 g/mol. The first-order chi connectivity index (χ1) is 11.0. The van der Waals surface area contributed by atoms with Crippen molar-refractivity contribution in [2.75, 3.05) is 24.5 Å². The van der Waals surface area contributed by atoms with Crippen molar-refractivity contribution in [2.24, 2.45) is 0 Å². The number of nitrogens with zero attached hydrogens (tertiary/aromatic N) is 3. The summed E-state index contributed by atoms with van der Waals surface area (Å²) in [6.45, 7) is 3.38. The summed E-state index contributed by atoms with van der Waals surface area (Å²) in [5.41, 5.74) is -0.930. The highest BCUT2D eigenvalue weighted by Crippen LogP contribution is 2.23. The number of β-amino-alcohol motifs (C(OH)–C–C–N with tert-alkyl or cyclic N) is 1. The number of carbonyl (C=O) groups excluding carboxylic acids is 1. The molecule has 0 aromatic carbocycles. The average molecular weight is 332 g/mol. The van der Waals surface area contributed by atoms with E-state index in [1.165, 1.54) is 4.88 Å². The van der Waals surface area contributed by atoms with Gasteiger partial charge in [-0.2, -0.15) is 0 Å². The fourth-order valence-corrected chi connectivity index (χ4v) is 3.58. The Morgan fingerprint density at radius 1 is 1.43 bits per heavy atom. The molecule has 0 bridgehead atoms. The monoisotopic (exact) mass is 332 g/mol. The van der Waals surface area contributed by atoms with E-state index in [9.17, 15) is 9.90 Å². The minimum Gasteiger partial charge on any atom is -0.386 e. The number of anilines is 1. The van der Waals surface area contributed by atoms with Crippen LogP contribution in [0.4, 0.5) is 5.95 Å². The molecule has 1 fully saturated rings. The average Bonchev–Trinajstić information content (AvgIpc) is 3.13. The number of thiophene rings is 1. The SMILES string of the molecule is Cc1ccc(CC(=O)NC[C@@]2(O)CCN(c3ncccn3)C2)s1. The van der Waals surface area contributed by atoms with Gasteiger partial charge in [-0.05, 0) is 31.5 Å². The molecule has 0 saturated carbocycles. The number of aliphatic hydroxyl groups is 1. The molecule has 2 N–H and O–H groups in total. The van der Waals surface area contributed by atoms with E-state index in [1.807, 2.05) is 24.0 Å². The molecule has 1 saturated heterocycles. The second-order valence-corrected chi connectivity index (χ2v) is 7.28. The third-order valence-corrected chi connectivity index (χ3v) is 4.91. The maximum atomic E-state index is 12.0. The normalized spacial score (nSPS) is 20.7. The van der Waals surface area contributed by atoms with E-state index >= 15 is 0 Å². The zero-order valence-electron chi connectivity index (χ0n) is 13.0. The molecule has 1 aliphatic heterocycles. The summed E-state index contributed by atoms with van der Waals surface area (Å²) in [6.07, 6.45) is 4.32. The van der Waals surface area contributed by atoms with E-state index in [-0.39, 0.29) is 12.5 Å². The lowest BCUT2D eigenvalue weighted by Crippen LogP contribution is -2.45. The fourth-order valence-electron chi connectivity index (χ4n) is 2.69. The van der Waals surface area contributed by atoms with Crippen molar-refractivity contribution >= 4 is 23.2 Å². The van der Waals surface area contributed by atoms with Crippen LogP contribution in [0.15, 0.2) is 30.6 Å². The molecule has 2 aromatic rings. The lowest BCUT2D eigenvalue weighted by molar-refractivity contribution is -0.121. The van der Waals surface area contributed by atoms with Gasteiger partial charge in [0.1, 0.15) is 5.60 Å². The van der Waals surface area contributed by atoms with Crippen LogP contribution in [-0.2, 0) is 11.2 Å². The highest BCUT2D eigenvalue weighted by molar-refractivity contribution is 7.12. The first-order valence-electron chi connectivity index (χ1n) is 7.60. The molecule has 3 heterocycles. The summed E-state index contributed by atoms with van der Waals surface area (Å²) < 4.78 is 0. The van der Waals surface area contributed by atoms with E-state index < -0.39 is 5.60 Å². The fraction of sp³-hybridized carbons (Fsp3) is 0.438. The predicted molar refractivity (Wildman–Crippen MR) is 89.6 cm³/mol. The molecule has 0 aliphatic carbocycles. The summed E-state index contributed by atoms with van der Waals surface area (Å²) in [6, 6.07) is 5.74. The first-order valence-corrected chi connectivity index (χ1v) is 8.42. The lowest BCUT2D eigenvalue weighted by Gasteiger charge is -2.23. The number of aromatic nitrogens is 2. The summed E-state index contributed by atoms with van der Waals surface area (Å²) in [7, 11) is 0. The Bertz CT molecular complexity index is 676. The zero-order chi connectivity index (χ0) is 16.3. The van der Waals surface area contributed by atoms with Gasteiger partial charge in [0, 0.05) is 35.2 Å². The van der Waals surface area contributed by atoms with E-state index in [0.717, 1.165) is 4.88 Å². The number of carbonyl (C=O) groups is 1. The standard InChI is InChI=1S/C16H20N4O2S/c1-12-3-4-13(23-12)9-14(21)19-10-16(22)5-8-20(11-16)15-17-6-2-7-18-15/h2-4,6-7,22H,5,8-11H2,1H3,(H,19,21)/t16-/m0/s1. The third kappa shape index (κ3) is 4.05. The maximum absolute atomic E-state index is 12.0. The van der Waals surface area contributed by atoms with Crippen molar-refractivity contribution in [3.05, 3.63) is 40.3 Å². The van der Waals surface area contributed by atoms with Crippen LogP contribution in [0.2, 0.25) is 0 Å². The molecule has 23 heavy (non-hydrogen) atoms. The van der Waals surface area contributed by atoms with Crippen LogP contribution in [-0.4, -0.2) is 46.2 Å². The van der Waals surface area contributed by atoms with Crippen molar-refractivity contribution in [1.29, 1.82) is 0 Å². The number of nitrogens with one attached hydrogen (secondary N) is 1. The van der Waals surface area contributed by atoms with Gasteiger partial charge in [0.2, 0.25) is 11.9 Å². The second-order valence-electron chi connectivity index (χ2n) is 5.91. The van der Waals surface area contributed by atoms with Crippen molar-refractivity contribution in [2.45, 2.75) is 25.4 Å². The lowest BCUT2D eigenvalue weighted by atomic mass is 10.0. The molecule has 7 heteroatoms. The largest absolute Gasteiger partial charge is 0.386 e. The van der Waals surface area contributed by atoms with Crippen LogP contribution in [0.25, 0.3) is 0 Å². The Kier molecular flexibility index (Phi) is 4.58. The molecule has 3 rings (SSSR count). The summed E-state index contributed by atoms with van der Waals surface area (Å²) >= 11 is 1.62. The Balaban J connectivity index is 1.51. The van der Waals surface area contributed by atoms with Gasteiger partial charge >= 0.3 is 0 Å². The molecule has 1 atom stereocenters.